The van der Waals surface area contributed by atoms with Crippen LogP contribution in [0.15, 0.2) is 54.6 Å². The van der Waals surface area contributed by atoms with Gasteiger partial charge in [-0.05, 0) is 30.8 Å². The van der Waals surface area contributed by atoms with Gasteiger partial charge in [0.25, 0.3) is 0 Å². The number of rotatable bonds is 5. The van der Waals surface area contributed by atoms with Gasteiger partial charge in [-0.3, -0.25) is 9.69 Å². The molecule has 3 rings (SSSR count). The highest BCUT2D eigenvalue weighted by atomic mass is 35.5. The van der Waals surface area contributed by atoms with Crippen LogP contribution in [-0.4, -0.2) is 66.4 Å². The van der Waals surface area contributed by atoms with Gasteiger partial charge in [-0.1, -0.05) is 48.0 Å². The highest BCUT2D eigenvalue weighted by Crippen LogP contribution is 2.16. The number of carbonyl (C=O) groups is 2. The topological polar surface area (TPSA) is 55.9 Å². The quantitative estimate of drug-likeness (QED) is 0.838. The van der Waals surface area contributed by atoms with Crippen molar-refractivity contribution >= 4 is 29.2 Å². The van der Waals surface area contributed by atoms with Gasteiger partial charge in [-0.25, -0.2) is 4.79 Å². The molecule has 1 saturated heterocycles. The molecular formula is C21H25ClN4O2. The van der Waals surface area contributed by atoms with Crippen LogP contribution in [0.2, 0.25) is 5.02 Å². The number of para-hydroxylation sites is 1. The first-order chi connectivity index (χ1) is 13.5. The molecule has 0 saturated carbocycles. The maximum absolute atomic E-state index is 12.6. The number of nitrogens with one attached hydrogen (secondary N) is 1. The van der Waals surface area contributed by atoms with Crippen molar-refractivity contribution < 1.29 is 9.59 Å². The first kappa shape index (κ1) is 20.2. The van der Waals surface area contributed by atoms with Gasteiger partial charge in [0, 0.05) is 43.4 Å². The van der Waals surface area contributed by atoms with E-state index >= 15 is 0 Å². The maximum Gasteiger partial charge on any atom is 0.321 e. The van der Waals surface area contributed by atoms with Crippen LogP contribution < -0.4 is 5.32 Å². The lowest BCUT2D eigenvalue weighted by atomic mass is 10.2. The van der Waals surface area contributed by atoms with Gasteiger partial charge in [0.15, 0.2) is 0 Å². The molecule has 2 aromatic rings. The summed E-state index contributed by atoms with van der Waals surface area (Å²) < 4.78 is 0. The molecule has 1 aliphatic rings. The molecule has 28 heavy (non-hydrogen) atoms. The number of halogens is 1. The fraction of sp³-hybridized carbons (Fsp3) is 0.333. The SMILES string of the molecule is CN(CC(=O)N1CCN(C(=O)Nc2ccccc2)CC1)Cc1ccccc1Cl. The molecule has 1 N–H and O–H groups in total. The fourth-order valence-corrected chi connectivity index (χ4v) is 3.38. The number of anilines is 1. The zero-order valence-corrected chi connectivity index (χ0v) is 16.7. The molecule has 0 unspecified atom stereocenters. The molecule has 0 atom stereocenters. The zero-order chi connectivity index (χ0) is 19.9. The number of benzene rings is 2. The van der Waals surface area contributed by atoms with Crippen molar-refractivity contribution in [1.29, 1.82) is 0 Å². The molecule has 3 amide bonds. The number of likely N-dealkylation sites (N-methyl/N-ethyl adjacent to an activating group) is 1. The van der Waals surface area contributed by atoms with Gasteiger partial charge in [-0.2, -0.15) is 0 Å². The summed E-state index contributed by atoms with van der Waals surface area (Å²) in [5.41, 5.74) is 1.77. The Morgan fingerprint density at radius 3 is 2.25 bits per heavy atom. The lowest BCUT2D eigenvalue weighted by Crippen LogP contribution is -2.53. The van der Waals surface area contributed by atoms with E-state index in [-0.39, 0.29) is 11.9 Å². The van der Waals surface area contributed by atoms with Gasteiger partial charge in [-0.15, -0.1) is 0 Å². The zero-order valence-electron chi connectivity index (χ0n) is 16.0. The summed E-state index contributed by atoms with van der Waals surface area (Å²) in [6.45, 7) is 3.07. The minimum absolute atomic E-state index is 0.0673. The van der Waals surface area contributed by atoms with Crippen LogP contribution in [0.25, 0.3) is 0 Å². The van der Waals surface area contributed by atoms with Crippen LogP contribution in [0.1, 0.15) is 5.56 Å². The Hall–Kier alpha value is -2.57. The average molecular weight is 401 g/mol. The molecule has 2 aromatic carbocycles. The molecule has 6 nitrogen and oxygen atoms in total. The third-order valence-electron chi connectivity index (χ3n) is 4.75. The maximum atomic E-state index is 12.6. The third kappa shape index (κ3) is 5.47. The predicted octanol–water partition coefficient (Wildman–Crippen LogP) is 3.15. The first-order valence-corrected chi connectivity index (χ1v) is 9.71. The van der Waals surface area contributed by atoms with Crippen LogP contribution in [0.3, 0.4) is 0 Å². The summed E-state index contributed by atoms with van der Waals surface area (Å²) >= 11 is 6.19. The summed E-state index contributed by atoms with van der Waals surface area (Å²) in [7, 11) is 1.91. The Labute approximate surface area is 170 Å². The van der Waals surface area contributed by atoms with E-state index in [9.17, 15) is 9.59 Å². The Morgan fingerprint density at radius 2 is 1.57 bits per heavy atom. The van der Waals surface area contributed by atoms with Gasteiger partial charge >= 0.3 is 6.03 Å². The fourth-order valence-electron chi connectivity index (χ4n) is 3.19. The largest absolute Gasteiger partial charge is 0.338 e. The molecule has 1 aliphatic heterocycles. The van der Waals surface area contributed by atoms with Crippen molar-refractivity contribution in [2.24, 2.45) is 0 Å². The van der Waals surface area contributed by atoms with Crippen molar-refractivity contribution in [2.45, 2.75) is 6.54 Å². The molecule has 7 heteroatoms. The molecule has 0 aromatic heterocycles. The predicted molar refractivity (Wildman–Crippen MR) is 111 cm³/mol. The van der Waals surface area contributed by atoms with Crippen LogP contribution >= 0.6 is 11.6 Å². The molecule has 1 fully saturated rings. The van der Waals surface area contributed by atoms with Crippen molar-refractivity contribution in [3.8, 4) is 0 Å². The number of nitrogens with zero attached hydrogens (tertiary/aromatic N) is 3. The Morgan fingerprint density at radius 1 is 0.964 bits per heavy atom. The van der Waals surface area contributed by atoms with Crippen LogP contribution in [0, 0.1) is 0 Å². The number of amides is 3. The van der Waals surface area contributed by atoms with Crippen molar-refractivity contribution in [1.82, 2.24) is 14.7 Å². The molecule has 0 bridgehead atoms. The minimum Gasteiger partial charge on any atom is -0.338 e. The summed E-state index contributed by atoms with van der Waals surface area (Å²) in [6, 6.07) is 16.9. The average Bonchev–Trinajstić information content (AvgIpc) is 2.70. The van der Waals surface area contributed by atoms with Crippen LogP contribution in [0.4, 0.5) is 10.5 Å². The second-order valence-electron chi connectivity index (χ2n) is 6.93. The Balaban J connectivity index is 1.44. The Kier molecular flexibility index (Phi) is 6.90. The number of piperazine rings is 1. The van der Waals surface area contributed by atoms with Crippen molar-refractivity contribution in [3.05, 3.63) is 65.2 Å². The summed E-state index contributed by atoms with van der Waals surface area (Å²) in [5, 5.41) is 3.59. The minimum atomic E-state index is -0.130. The van der Waals surface area contributed by atoms with E-state index < -0.39 is 0 Å². The van der Waals surface area contributed by atoms with E-state index in [1.54, 1.807) is 4.90 Å². The third-order valence-corrected chi connectivity index (χ3v) is 5.12. The molecular weight excluding hydrogens is 376 g/mol. The van der Waals surface area contributed by atoms with Crippen molar-refractivity contribution in [3.63, 3.8) is 0 Å². The second kappa shape index (κ2) is 9.57. The van der Waals surface area contributed by atoms with Gasteiger partial charge in [0.2, 0.25) is 5.91 Å². The van der Waals surface area contributed by atoms with E-state index in [0.29, 0.717) is 44.3 Å². The number of urea groups is 1. The number of carbonyl (C=O) groups excluding carboxylic acids is 2. The standard InChI is InChI=1S/C21H25ClN4O2/c1-24(15-17-7-5-6-10-19(17)22)16-20(27)25-11-13-26(14-12-25)21(28)23-18-8-3-2-4-9-18/h2-10H,11-16H2,1H3,(H,23,28). The summed E-state index contributed by atoms with van der Waals surface area (Å²) in [5.74, 6) is 0.0673. The smallest absolute Gasteiger partial charge is 0.321 e. The van der Waals surface area contributed by atoms with E-state index in [4.69, 9.17) is 11.6 Å². The number of hydrogen-bond acceptors (Lipinski definition) is 3. The second-order valence-corrected chi connectivity index (χ2v) is 7.33. The molecule has 0 spiro atoms. The van der Waals surface area contributed by atoms with E-state index in [1.165, 1.54) is 0 Å². The van der Waals surface area contributed by atoms with E-state index in [0.717, 1.165) is 11.3 Å². The van der Waals surface area contributed by atoms with Crippen LogP contribution in [0.5, 0.6) is 0 Å². The lowest BCUT2D eigenvalue weighted by molar-refractivity contribution is -0.133. The first-order valence-electron chi connectivity index (χ1n) is 9.33. The van der Waals surface area contributed by atoms with Gasteiger partial charge in [0.05, 0.1) is 6.54 Å². The van der Waals surface area contributed by atoms with E-state index in [2.05, 4.69) is 5.32 Å². The summed E-state index contributed by atoms with van der Waals surface area (Å²) in [6.07, 6.45) is 0. The van der Waals surface area contributed by atoms with Crippen molar-refractivity contribution in [2.75, 3.05) is 45.1 Å². The monoisotopic (exact) mass is 400 g/mol. The highest BCUT2D eigenvalue weighted by Gasteiger charge is 2.24. The van der Waals surface area contributed by atoms with Gasteiger partial charge in [0.1, 0.15) is 0 Å². The lowest BCUT2D eigenvalue weighted by Gasteiger charge is -2.35. The summed E-state index contributed by atoms with van der Waals surface area (Å²) in [4.78, 5) is 30.4. The molecule has 0 aliphatic carbocycles. The highest BCUT2D eigenvalue weighted by molar-refractivity contribution is 6.31. The van der Waals surface area contributed by atoms with Gasteiger partial charge < -0.3 is 15.1 Å². The number of hydrogen-bond donors (Lipinski definition) is 1. The Bertz CT molecular complexity index is 807. The molecule has 0 radical (unpaired) electrons. The normalized spacial score (nSPS) is 14.2. The molecule has 148 valence electrons. The van der Waals surface area contributed by atoms with Crippen LogP contribution in [-0.2, 0) is 11.3 Å². The van der Waals surface area contributed by atoms with E-state index in [1.807, 2.05) is 71.4 Å². The molecule has 1 heterocycles.